The van der Waals surface area contributed by atoms with Gasteiger partial charge in [-0.1, -0.05) is 44.2 Å². The quantitative estimate of drug-likeness (QED) is 0.905. The minimum absolute atomic E-state index is 0.0424. The number of carbonyl (C=O) groups is 1. The Morgan fingerprint density at radius 2 is 1.83 bits per heavy atom. The zero-order chi connectivity index (χ0) is 17.4. The van der Waals surface area contributed by atoms with E-state index in [0.717, 1.165) is 16.7 Å². The van der Waals surface area contributed by atoms with E-state index in [4.69, 9.17) is 0 Å². The number of aliphatic hydroxyl groups is 1. The van der Waals surface area contributed by atoms with Crippen molar-refractivity contribution < 1.29 is 9.90 Å². The molecule has 2 N–H and O–H groups in total. The molecule has 1 saturated carbocycles. The number of pyridine rings is 1. The van der Waals surface area contributed by atoms with Crippen LogP contribution in [0, 0.1) is 5.41 Å². The Hall–Kier alpha value is -2.20. The second-order valence-electron chi connectivity index (χ2n) is 7.61. The van der Waals surface area contributed by atoms with E-state index in [1.54, 1.807) is 6.20 Å². The molecule has 24 heavy (non-hydrogen) atoms. The third-order valence-corrected chi connectivity index (χ3v) is 4.72. The molecule has 1 heterocycles. The molecule has 1 aliphatic rings. The second-order valence-corrected chi connectivity index (χ2v) is 7.61. The van der Waals surface area contributed by atoms with Gasteiger partial charge in [-0.15, -0.1) is 0 Å². The van der Waals surface area contributed by atoms with E-state index in [9.17, 15) is 9.90 Å². The highest BCUT2D eigenvalue weighted by molar-refractivity contribution is 5.86. The molecular weight excluding hydrogens is 300 g/mol. The van der Waals surface area contributed by atoms with Gasteiger partial charge >= 0.3 is 0 Å². The second kappa shape index (κ2) is 6.02. The van der Waals surface area contributed by atoms with Gasteiger partial charge in [0, 0.05) is 12.4 Å². The molecule has 1 atom stereocenters. The summed E-state index contributed by atoms with van der Waals surface area (Å²) in [4.78, 5) is 16.5. The maximum atomic E-state index is 12.3. The van der Waals surface area contributed by atoms with Crippen LogP contribution in [0.1, 0.15) is 45.2 Å². The Labute approximate surface area is 142 Å². The van der Waals surface area contributed by atoms with Crippen LogP contribution in [0.3, 0.4) is 0 Å². The predicted octanol–water partition coefficient (Wildman–Crippen LogP) is 3.48. The summed E-state index contributed by atoms with van der Waals surface area (Å²) in [6.45, 7) is 6.06. The molecule has 0 radical (unpaired) electrons. The van der Waals surface area contributed by atoms with Crippen LogP contribution in [0.15, 0.2) is 48.8 Å². The lowest BCUT2D eigenvalue weighted by molar-refractivity contribution is -0.165. The Balaban J connectivity index is 1.65. The molecule has 4 heteroatoms. The van der Waals surface area contributed by atoms with Crippen LogP contribution in [-0.2, 0) is 4.79 Å². The first-order valence-corrected chi connectivity index (χ1v) is 8.33. The standard InChI is InChI=1S/C20H24N2O2/c1-14(22-18(23)20(24)12-19(2,3)13-20)15-6-8-16(9-7-15)17-5-4-10-21-11-17/h4-11,14,24H,12-13H2,1-3H3,(H,22,23). The topological polar surface area (TPSA) is 62.2 Å². The number of nitrogens with zero attached hydrogens (tertiary/aromatic N) is 1. The molecule has 1 unspecified atom stereocenters. The summed E-state index contributed by atoms with van der Waals surface area (Å²) in [5, 5.41) is 13.3. The number of hydrogen-bond acceptors (Lipinski definition) is 3. The van der Waals surface area contributed by atoms with Crippen LogP contribution in [0.2, 0.25) is 0 Å². The third-order valence-electron chi connectivity index (χ3n) is 4.72. The molecule has 0 aliphatic heterocycles. The van der Waals surface area contributed by atoms with Gasteiger partial charge in [-0.05, 0) is 47.9 Å². The summed E-state index contributed by atoms with van der Waals surface area (Å²) in [6.07, 6.45) is 4.60. The number of benzene rings is 1. The van der Waals surface area contributed by atoms with E-state index in [2.05, 4.69) is 24.1 Å². The highest BCUT2D eigenvalue weighted by Gasteiger charge is 2.53. The van der Waals surface area contributed by atoms with Gasteiger partial charge in [-0.2, -0.15) is 0 Å². The first-order valence-electron chi connectivity index (χ1n) is 8.33. The molecule has 0 saturated heterocycles. The van der Waals surface area contributed by atoms with Crippen LogP contribution in [0.4, 0.5) is 0 Å². The molecule has 1 aromatic heterocycles. The largest absolute Gasteiger partial charge is 0.380 e. The van der Waals surface area contributed by atoms with Crippen molar-refractivity contribution in [3.63, 3.8) is 0 Å². The van der Waals surface area contributed by atoms with E-state index in [1.165, 1.54) is 0 Å². The summed E-state index contributed by atoms with van der Waals surface area (Å²) < 4.78 is 0. The van der Waals surface area contributed by atoms with Gasteiger partial charge in [0.05, 0.1) is 6.04 Å². The van der Waals surface area contributed by atoms with Crippen LogP contribution in [-0.4, -0.2) is 21.6 Å². The number of hydrogen-bond donors (Lipinski definition) is 2. The predicted molar refractivity (Wildman–Crippen MR) is 94.2 cm³/mol. The van der Waals surface area contributed by atoms with Crippen molar-refractivity contribution in [1.82, 2.24) is 10.3 Å². The van der Waals surface area contributed by atoms with E-state index >= 15 is 0 Å². The van der Waals surface area contributed by atoms with Crippen molar-refractivity contribution in [2.75, 3.05) is 0 Å². The van der Waals surface area contributed by atoms with Crippen molar-refractivity contribution in [3.8, 4) is 11.1 Å². The Bertz CT molecular complexity index is 715. The fraction of sp³-hybridized carbons (Fsp3) is 0.400. The van der Waals surface area contributed by atoms with Gasteiger partial charge < -0.3 is 10.4 Å². The van der Waals surface area contributed by atoms with Gasteiger partial charge in [0.25, 0.3) is 5.91 Å². The number of aromatic nitrogens is 1. The van der Waals surface area contributed by atoms with Crippen molar-refractivity contribution in [1.29, 1.82) is 0 Å². The molecule has 3 rings (SSSR count). The lowest BCUT2D eigenvalue weighted by Gasteiger charge is -2.48. The molecule has 0 spiro atoms. The lowest BCUT2D eigenvalue weighted by atomic mass is 9.61. The average Bonchev–Trinajstić information content (AvgIpc) is 2.54. The maximum Gasteiger partial charge on any atom is 0.252 e. The fourth-order valence-corrected chi connectivity index (χ4v) is 3.60. The third kappa shape index (κ3) is 3.34. The van der Waals surface area contributed by atoms with Gasteiger partial charge in [0.15, 0.2) is 0 Å². The Morgan fingerprint density at radius 3 is 2.38 bits per heavy atom. The highest BCUT2D eigenvalue weighted by Crippen LogP contribution is 2.48. The summed E-state index contributed by atoms with van der Waals surface area (Å²) in [5.41, 5.74) is 1.99. The van der Waals surface area contributed by atoms with Crippen molar-refractivity contribution in [3.05, 3.63) is 54.4 Å². The van der Waals surface area contributed by atoms with Crippen LogP contribution < -0.4 is 5.32 Å². The Morgan fingerprint density at radius 1 is 1.17 bits per heavy atom. The van der Waals surface area contributed by atoms with Crippen molar-refractivity contribution in [2.24, 2.45) is 5.41 Å². The SMILES string of the molecule is CC(NC(=O)C1(O)CC(C)(C)C1)c1ccc(-c2cccnc2)cc1. The van der Waals surface area contributed by atoms with Gasteiger partial charge in [0.2, 0.25) is 0 Å². The zero-order valence-corrected chi connectivity index (χ0v) is 14.4. The molecule has 0 bridgehead atoms. The molecular formula is C20H24N2O2. The van der Waals surface area contributed by atoms with Crippen LogP contribution in [0.5, 0.6) is 0 Å². The molecule has 1 aliphatic carbocycles. The monoisotopic (exact) mass is 324 g/mol. The average molecular weight is 324 g/mol. The molecule has 1 aromatic carbocycles. The van der Waals surface area contributed by atoms with E-state index in [1.807, 2.05) is 49.5 Å². The number of carbonyl (C=O) groups excluding carboxylic acids is 1. The molecule has 1 amide bonds. The molecule has 126 valence electrons. The highest BCUT2D eigenvalue weighted by atomic mass is 16.3. The van der Waals surface area contributed by atoms with Gasteiger partial charge in [0.1, 0.15) is 5.60 Å². The van der Waals surface area contributed by atoms with Gasteiger partial charge in [-0.25, -0.2) is 0 Å². The lowest BCUT2D eigenvalue weighted by Crippen LogP contribution is -2.59. The van der Waals surface area contributed by atoms with Crippen molar-refractivity contribution in [2.45, 2.75) is 45.3 Å². The van der Waals surface area contributed by atoms with E-state index in [0.29, 0.717) is 12.8 Å². The summed E-state index contributed by atoms with van der Waals surface area (Å²) >= 11 is 0. The number of nitrogens with one attached hydrogen (secondary N) is 1. The normalized spacial score (nSPS) is 19.2. The maximum absolute atomic E-state index is 12.3. The molecule has 1 fully saturated rings. The molecule has 2 aromatic rings. The van der Waals surface area contributed by atoms with Gasteiger partial charge in [-0.3, -0.25) is 9.78 Å². The van der Waals surface area contributed by atoms with Crippen LogP contribution >= 0.6 is 0 Å². The Kier molecular flexibility index (Phi) is 4.18. The van der Waals surface area contributed by atoms with Crippen molar-refractivity contribution >= 4 is 5.91 Å². The molecule has 4 nitrogen and oxygen atoms in total. The summed E-state index contributed by atoms with van der Waals surface area (Å²) in [5.74, 6) is -0.273. The first-order chi connectivity index (χ1) is 11.3. The number of rotatable bonds is 4. The fourth-order valence-electron chi connectivity index (χ4n) is 3.60. The summed E-state index contributed by atoms with van der Waals surface area (Å²) in [7, 11) is 0. The zero-order valence-electron chi connectivity index (χ0n) is 14.4. The minimum Gasteiger partial charge on any atom is -0.380 e. The smallest absolute Gasteiger partial charge is 0.252 e. The van der Waals surface area contributed by atoms with E-state index < -0.39 is 5.60 Å². The summed E-state index contributed by atoms with van der Waals surface area (Å²) in [6, 6.07) is 11.8. The first kappa shape index (κ1) is 16.7. The van der Waals surface area contributed by atoms with E-state index in [-0.39, 0.29) is 17.4 Å². The minimum atomic E-state index is -1.21. The number of amides is 1. The van der Waals surface area contributed by atoms with Crippen LogP contribution in [0.25, 0.3) is 11.1 Å².